The van der Waals surface area contributed by atoms with E-state index in [9.17, 15) is 0 Å². The summed E-state index contributed by atoms with van der Waals surface area (Å²) in [4.78, 5) is 0. The largest absolute Gasteiger partial charge is 0.496 e. The molecule has 0 fully saturated rings. The van der Waals surface area contributed by atoms with Gasteiger partial charge in [0.1, 0.15) is 5.75 Å². The van der Waals surface area contributed by atoms with Gasteiger partial charge in [-0.05, 0) is 31.2 Å². The summed E-state index contributed by atoms with van der Waals surface area (Å²) >= 11 is 3.49. The van der Waals surface area contributed by atoms with Gasteiger partial charge in [0.15, 0.2) is 0 Å². The van der Waals surface area contributed by atoms with Crippen LogP contribution in [0.15, 0.2) is 22.7 Å². The Morgan fingerprint density at radius 1 is 1.17 bits per heavy atom. The van der Waals surface area contributed by atoms with Crippen molar-refractivity contribution in [3.63, 3.8) is 0 Å². The SMILES string of the molecule is CCCCCCCNCc1cc(Br)ccc1OC. The van der Waals surface area contributed by atoms with Gasteiger partial charge in [-0.1, -0.05) is 48.5 Å². The third kappa shape index (κ3) is 5.87. The van der Waals surface area contributed by atoms with Crippen molar-refractivity contribution in [1.29, 1.82) is 0 Å². The zero-order valence-electron chi connectivity index (χ0n) is 11.5. The molecule has 0 atom stereocenters. The monoisotopic (exact) mass is 313 g/mol. The lowest BCUT2D eigenvalue weighted by atomic mass is 10.1. The number of ether oxygens (including phenoxy) is 1. The molecule has 0 heterocycles. The maximum Gasteiger partial charge on any atom is 0.123 e. The molecule has 18 heavy (non-hydrogen) atoms. The highest BCUT2D eigenvalue weighted by atomic mass is 79.9. The van der Waals surface area contributed by atoms with Crippen LogP contribution in [0, 0.1) is 0 Å². The minimum atomic E-state index is 0.871. The molecular weight excluding hydrogens is 290 g/mol. The molecule has 102 valence electrons. The van der Waals surface area contributed by atoms with Gasteiger partial charge in [-0.15, -0.1) is 0 Å². The van der Waals surface area contributed by atoms with Gasteiger partial charge in [0.2, 0.25) is 0 Å². The maximum absolute atomic E-state index is 5.35. The Balaban J connectivity index is 2.24. The molecule has 0 saturated carbocycles. The molecule has 1 N–H and O–H groups in total. The lowest BCUT2D eigenvalue weighted by Crippen LogP contribution is -2.15. The van der Waals surface area contributed by atoms with Gasteiger partial charge in [0, 0.05) is 16.6 Å². The molecule has 0 saturated heterocycles. The van der Waals surface area contributed by atoms with Crippen molar-refractivity contribution in [3.05, 3.63) is 28.2 Å². The van der Waals surface area contributed by atoms with Crippen LogP contribution >= 0.6 is 15.9 Å². The first-order chi connectivity index (χ1) is 8.77. The predicted molar refractivity (Wildman–Crippen MR) is 81.2 cm³/mol. The summed E-state index contributed by atoms with van der Waals surface area (Å²) < 4.78 is 6.45. The number of halogens is 1. The van der Waals surface area contributed by atoms with Gasteiger partial charge in [-0.3, -0.25) is 0 Å². The normalized spacial score (nSPS) is 10.6. The van der Waals surface area contributed by atoms with Crippen molar-refractivity contribution in [1.82, 2.24) is 5.32 Å². The van der Waals surface area contributed by atoms with E-state index in [1.54, 1.807) is 7.11 Å². The lowest BCUT2D eigenvalue weighted by Gasteiger charge is -2.10. The molecule has 0 amide bonds. The molecule has 0 radical (unpaired) electrons. The Labute approximate surface area is 119 Å². The van der Waals surface area contributed by atoms with E-state index in [0.717, 1.165) is 23.3 Å². The van der Waals surface area contributed by atoms with Crippen LogP contribution in [0.5, 0.6) is 5.75 Å². The minimum Gasteiger partial charge on any atom is -0.496 e. The molecule has 0 aliphatic carbocycles. The quantitative estimate of drug-likeness (QED) is 0.677. The fraction of sp³-hybridized carbons (Fsp3) is 0.600. The third-order valence-corrected chi connectivity index (χ3v) is 3.51. The standard InChI is InChI=1S/C15H24BrNO/c1-3-4-5-6-7-10-17-12-13-11-14(16)8-9-15(13)18-2/h8-9,11,17H,3-7,10,12H2,1-2H3. The Morgan fingerprint density at radius 3 is 2.67 bits per heavy atom. The summed E-state index contributed by atoms with van der Waals surface area (Å²) in [7, 11) is 1.72. The van der Waals surface area contributed by atoms with Crippen LogP contribution in [-0.2, 0) is 6.54 Å². The second-order valence-corrected chi connectivity index (χ2v) is 5.46. The van der Waals surface area contributed by atoms with Crippen molar-refractivity contribution >= 4 is 15.9 Å². The van der Waals surface area contributed by atoms with Crippen LogP contribution in [0.3, 0.4) is 0 Å². The molecule has 0 aromatic heterocycles. The molecule has 0 unspecified atom stereocenters. The van der Waals surface area contributed by atoms with Crippen LogP contribution in [0.2, 0.25) is 0 Å². The molecule has 1 aromatic carbocycles. The highest BCUT2D eigenvalue weighted by molar-refractivity contribution is 9.10. The van der Waals surface area contributed by atoms with Crippen molar-refractivity contribution in [2.75, 3.05) is 13.7 Å². The van der Waals surface area contributed by atoms with E-state index in [1.807, 2.05) is 12.1 Å². The second kappa shape index (κ2) is 9.40. The average Bonchev–Trinajstić information content (AvgIpc) is 2.38. The molecule has 1 rings (SSSR count). The fourth-order valence-corrected chi connectivity index (χ4v) is 2.37. The van der Waals surface area contributed by atoms with E-state index in [1.165, 1.54) is 37.7 Å². The topological polar surface area (TPSA) is 21.3 Å². The summed E-state index contributed by atoms with van der Waals surface area (Å²) in [6.07, 6.45) is 6.62. The zero-order chi connectivity index (χ0) is 13.2. The van der Waals surface area contributed by atoms with E-state index in [-0.39, 0.29) is 0 Å². The smallest absolute Gasteiger partial charge is 0.123 e. The maximum atomic E-state index is 5.35. The highest BCUT2D eigenvalue weighted by Crippen LogP contribution is 2.22. The summed E-state index contributed by atoms with van der Waals surface area (Å²) in [6.45, 7) is 4.20. The van der Waals surface area contributed by atoms with Gasteiger partial charge in [0.25, 0.3) is 0 Å². The third-order valence-electron chi connectivity index (χ3n) is 3.02. The van der Waals surface area contributed by atoms with Crippen LogP contribution in [0.4, 0.5) is 0 Å². The zero-order valence-corrected chi connectivity index (χ0v) is 13.1. The lowest BCUT2D eigenvalue weighted by molar-refractivity contribution is 0.407. The first-order valence-corrected chi connectivity index (χ1v) is 7.60. The molecule has 0 aliphatic rings. The molecule has 1 aromatic rings. The average molecular weight is 314 g/mol. The van der Waals surface area contributed by atoms with Crippen molar-refractivity contribution < 1.29 is 4.74 Å². The van der Waals surface area contributed by atoms with E-state index >= 15 is 0 Å². The summed E-state index contributed by atoms with van der Waals surface area (Å²) in [5.41, 5.74) is 1.21. The summed E-state index contributed by atoms with van der Waals surface area (Å²) in [6, 6.07) is 6.12. The highest BCUT2D eigenvalue weighted by Gasteiger charge is 2.02. The summed E-state index contributed by atoms with van der Waals surface area (Å²) in [5.74, 6) is 0.955. The Morgan fingerprint density at radius 2 is 1.94 bits per heavy atom. The number of benzene rings is 1. The van der Waals surface area contributed by atoms with Gasteiger partial charge in [-0.25, -0.2) is 0 Å². The van der Waals surface area contributed by atoms with Crippen LogP contribution in [0.25, 0.3) is 0 Å². The molecule has 0 spiro atoms. The second-order valence-electron chi connectivity index (χ2n) is 4.55. The molecule has 0 bridgehead atoms. The van der Waals surface area contributed by atoms with Gasteiger partial charge in [0.05, 0.1) is 7.11 Å². The number of methoxy groups -OCH3 is 1. The first kappa shape index (κ1) is 15.5. The molecule has 0 aliphatic heterocycles. The Hall–Kier alpha value is -0.540. The first-order valence-electron chi connectivity index (χ1n) is 6.81. The molecule has 3 heteroatoms. The van der Waals surface area contributed by atoms with Gasteiger partial charge < -0.3 is 10.1 Å². The van der Waals surface area contributed by atoms with E-state index in [0.29, 0.717) is 0 Å². The number of rotatable bonds is 9. The van der Waals surface area contributed by atoms with Gasteiger partial charge >= 0.3 is 0 Å². The Bertz CT molecular complexity index is 341. The van der Waals surface area contributed by atoms with Crippen molar-refractivity contribution in [2.24, 2.45) is 0 Å². The summed E-state index contributed by atoms with van der Waals surface area (Å²) in [5, 5.41) is 3.48. The predicted octanol–water partition coefficient (Wildman–Crippen LogP) is 4.52. The van der Waals surface area contributed by atoms with E-state index in [2.05, 4.69) is 34.2 Å². The van der Waals surface area contributed by atoms with Crippen LogP contribution in [0.1, 0.15) is 44.6 Å². The van der Waals surface area contributed by atoms with E-state index < -0.39 is 0 Å². The number of hydrogen-bond acceptors (Lipinski definition) is 2. The van der Waals surface area contributed by atoms with Crippen LogP contribution in [-0.4, -0.2) is 13.7 Å². The number of unbranched alkanes of at least 4 members (excludes halogenated alkanes) is 4. The van der Waals surface area contributed by atoms with Crippen molar-refractivity contribution in [3.8, 4) is 5.75 Å². The van der Waals surface area contributed by atoms with Crippen LogP contribution < -0.4 is 10.1 Å². The van der Waals surface area contributed by atoms with Crippen molar-refractivity contribution in [2.45, 2.75) is 45.6 Å². The molecule has 2 nitrogen and oxygen atoms in total. The minimum absolute atomic E-state index is 0.871. The van der Waals surface area contributed by atoms with Gasteiger partial charge in [-0.2, -0.15) is 0 Å². The fourth-order valence-electron chi connectivity index (χ4n) is 1.96. The number of nitrogens with one attached hydrogen (secondary N) is 1. The number of hydrogen-bond donors (Lipinski definition) is 1. The van der Waals surface area contributed by atoms with E-state index in [4.69, 9.17) is 4.74 Å². The molecular formula is C15H24BrNO. The Kier molecular flexibility index (Phi) is 8.10.